The largest absolute Gasteiger partial charge is 0.236 e. The van der Waals surface area contributed by atoms with Crippen LogP contribution in [0.4, 0.5) is 8.78 Å². The van der Waals surface area contributed by atoms with Crippen LogP contribution in [0.5, 0.6) is 0 Å². The highest BCUT2D eigenvalue weighted by Crippen LogP contribution is 2.20. The number of benzene rings is 1. The molecule has 0 amide bonds. The maximum absolute atomic E-state index is 12.9. The van der Waals surface area contributed by atoms with E-state index < -0.39 is 11.6 Å². The van der Waals surface area contributed by atoms with Gasteiger partial charge in [0.25, 0.3) is 0 Å². The van der Waals surface area contributed by atoms with Crippen LogP contribution in [0.15, 0.2) is 30.6 Å². The molecule has 0 bridgehead atoms. The maximum atomic E-state index is 12.9. The first-order valence-electron chi connectivity index (χ1n) is 4.09. The van der Waals surface area contributed by atoms with Gasteiger partial charge in [0.2, 0.25) is 0 Å². The van der Waals surface area contributed by atoms with E-state index in [1.807, 2.05) is 0 Å². The highest BCUT2D eigenvalue weighted by molar-refractivity contribution is 6.29. The van der Waals surface area contributed by atoms with Crippen LogP contribution in [0.25, 0.3) is 11.3 Å². The Morgan fingerprint density at radius 3 is 2.20 bits per heavy atom. The smallest absolute Gasteiger partial charge is 0.133 e. The van der Waals surface area contributed by atoms with Crippen molar-refractivity contribution < 1.29 is 8.78 Å². The van der Waals surface area contributed by atoms with Gasteiger partial charge in [0.1, 0.15) is 23.1 Å². The van der Waals surface area contributed by atoms with Crippen molar-refractivity contribution in [2.75, 3.05) is 0 Å². The molecule has 1 aromatic carbocycles. The summed E-state index contributed by atoms with van der Waals surface area (Å²) in [5.41, 5.74) is 0.713. The molecule has 0 radical (unpaired) electrons. The van der Waals surface area contributed by atoms with Gasteiger partial charge in [-0.1, -0.05) is 11.6 Å². The van der Waals surface area contributed by atoms with E-state index >= 15 is 0 Å². The summed E-state index contributed by atoms with van der Waals surface area (Å²) in [6.45, 7) is 0. The highest BCUT2D eigenvalue weighted by atomic mass is 35.5. The van der Waals surface area contributed by atoms with Crippen molar-refractivity contribution in [1.29, 1.82) is 0 Å². The number of aromatic nitrogens is 2. The molecule has 0 aliphatic rings. The first kappa shape index (κ1) is 9.98. The Morgan fingerprint density at radius 2 is 1.60 bits per heavy atom. The standard InChI is InChI=1S/C10H5ClF2N2/c11-10-4-9(14-5-15-10)6-1-7(12)3-8(13)2-6/h1-5H. The second-order valence-corrected chi connectivity index (χ2v) is 3.27. The van der Waals surface area contributed by atoms with Gasteiger partial charge in [-0.05, 0) is 12.1 Å². The van der Waals surface area contributed by atoms with Gasteiger partial charge in [0.05, 0.1) is 5.69 Å². The first-order valence-corrected chi connectivity index (χ1v) is 4.47. The zero-order valence-corrected chi connectivity index (χ0v) is 8.17. The highest BCUT2D eigenvalue weighted by Gasteiger charge is 2.04. The van der Waals surface area contributed by atoms with E-state index in [-0.39, 0.29) is 5.15 Å². The first-order chi connectivity index (χ1) is 7.15. The van der Waals surface area contributed by atoms with Gasteiger partial charge in [0.15, 0.2) is 0 Å². The summed E-state index contributed by atoms with van der Waals surface area (Å²) in [4.78, 5) is 7.54. The quantitative estimate of drug-likeness (QED) is 0.699. The van der Waals surface area contributed by atoms with E-state index in [4.69, 9.17) is 11.6 Å². The van der Waals surface area contributed by atoms with Crippen molar-refractivity contribution >= 4 is 11.6 Å². The van der Waals surface area contributed by atoms with E-state index in [2.05, 4.69) is 9.97 Å². The van der Waals surface area contributed by atoms with E-state index in [9.17, 15) is 8.78 Å². The van der Waals surface area contributed by atoms with Crippen LogP contribution in [-0.2, 0) is 0 Å². The molecule has 1 heterocycles. The second-order valence-electron chi connectivity index (χ2n) is 2.88. The zero-order chi connectivity index (χ0) is 10.8. The predicted molar refractivity (Wildman–Crippen MR) is 52.4 cm³/mol. The number of hydrogen-bond acceptors (Lipinski definition) is 2. The topological polar surface area (TPSA) is 25.8 Å². The molecule has 0 N–H and O–H groups in total. The minimum atomic E-state index is -0.653. The van der Waals surface area contributed by atoms with Gasteiger partial charge >= 0.3 is 0 Å². The van der Waals surface area contributed by atoms with Gasteiger partial charge in [-0.2, -0.15) is 0 Å². The number of rotatable bonds is 1. The molecule has 0 fully saturated rings. The molecule has 0 atom stereocenters. The van der Waals surface area contributed by atoms with Crippen LogP contribution in [0.2, 0.25) is 5.15 Å². The van der Waals surface area contributed by atoms with Gasteiger partial charge in [-0.15, -0.1) is 0 Å². The van der Waals surface area contributed by atoms with Crippen molar-refractivity contribution in [1.82, 2.24) is 9.97 Å². The molecule has 0 spiro atoms. The van der Waals surface area contributed by atoms with Crippen LogP contribution in [0.3, 0.4) is 0 Å². The summed E-state index contributed by atoms with van der Waals surface area (Å²) in [7, 11) is 0. The lowest BCUT2D eigenvalue weighted by Gasteiger charge is -2.01. The summed E-state index contributed by atoms with van der Waals surface area (Å²) in [5, 5.41) is 0.227. The van der Waals surface area contributed by atoms with E-state index in [0.717, 1.165) is 6.07 Å². The van der Waals surface area contributed by atoms with Gasteiger partial charge in [-0.25, -0.2) is 18.7 Å². The molecular weight excluding hydrogens is 222 g/mol. The molecule has 2 nitrogen and oxygen atoms in total. The fourth-order valence-corrected chi connectivity index (χ4v) is 1.34. The number of nitrogens with zero attached hydrogens (tertiary/aromatic N) is 2. The summed E-state index contributed by atoms with van der Waals surface area (Å²) in [6.07, 6.45) is 1.24. The van der Waals surface area contributed by atoms with Crippen LogP contribution < -0.4 is 0 Å². The summed E-state index contributed by atoms with van der Waals surface area (Å²) in [6, 6.07) is 4.60. The Labute approximate surface area is 89.6 Å². The monoisotopic (exact) mass is 226 g/mol. The molecule has 15 heavy (non-hydrogen) atoms. The lowest BCUT2D eigenvalue weighted by Crippen LogP contribution is -1.88. The molecule has 76 valence electrons. The van der Waals surface area contributed by atoms with Crippen molar-refractivity contribution in [3.05, 3.63) is 47.4 Å². The Kier molecular flexibility index (Phi) is 2.60. The average molecular weight is 227 g/mol. The lowest BCUT2D eigenvalue weighted by atomic mass is 10.1. The molecule has 1 aromatic heterocycles. The maximum Gasteiger partial charge on any atom is 0.133 e. The molecule has 0 saturated carbocycles. The third kappa shape index (κ3) is 2.27. The molecular formula is C10H5ClF2N2. The summed E-state index contributed by atoms with van der Waals surface area (Å²) >= 11 is 5.64. The Balaban J connectivity index is 2.54. The predicted octanol–water partition coefficient (Wildman–Crippen LogP) is 3.08. The van der Waals surface area contributed by atoms with Gasteiger partial charge in [-0.3, -0.25) is 0 Å². The Bertz CT molecular complexity index is 482. The van der Waals surface area contributed by atoms with Gasteiger partial charge < -0.3 is 0 Å². The lowest BCUT2D eigenvalue weighted by molar-refractivity contribution is 0.584. The fourth-order valence-electron chi connectivity index (χ4n) is 1.19. The summed E-state index contributed by atoms with van der Waals surface area (Å²) < 4.78 is 25.8. The van der Waals surface area contributed by atoms with E-state index in [0.29, 0.717) is 11.3 Å². The van der Waals surface area contributed by atoms with Gasteiger partial charge in [0, 0.05) is 17.7 Å². The Hall–Kier alpha value is -1.55. The second kappa shape index (κ2) is 3.90. The van der Waals surface area contributed by atoms with Crippen molar-refractivity contribution in [2.24, 2.45) is 0 Å². The molecule has 5 heteroatoms. The minimum Gasteiger partial charge on any atom is -0.236 e. The number of hydrogen-bond donors (Lipinski definition) is 0. The Morgan fingerprint density at radius 1 is 0.933 bits per heavy atom. The van der Waals surface area contributed by atoms with Crippen LogP contribution in [-0.4, -0.2) is 9.97 Å². The summed E-state index contributed by atoms with van der Waals surface area (Å²) in [5.74, 6) is -1.31. The molecule has 0 saturated heterocycles. The third-order valence-electron chi connectivity index (χ3n) is 1.79. The van der Waals surface area contributed by atoms with Crippen LogP contribution in [0, 0.1) is 11.6 Å². The average Bonchev–Trinajstić information content (AvgIpc) is 2.16. The van der Waals surface area contributed by atoms with Crippen LogP contribution in [0.1, 0.15) is 0 Å². The molecule has 2 aromatic rings. The van der Waals surface area contributed by atoms with Crippen molar-refractivity contribution in [2.45, 2.75) is 0 Å². The van der Waals surface area contributed by atoms with Crippen molar-refractivity contribution in [3.8, 4) is 11.3 Å². The van der Waals surface area contributed by atoms with E-state index in [1.54, 1.807) is 0 Å². The fraction of sp³-hybridized carbons (Fsp3) is 0. The van der Waals surface area contributed by atoms with Crippen molar-refractivity contribution in [3.63, 3.8) is 0 Å². The third-order valence-corrected chi connectivity index (χ3v) is 2.00. The van der Waals surface area contributed by atoms with Crippen LogP contribution >= 0.6 is 11.6 Å². The SMILES string of the molecule is Fc1cc(F)cc(-c2cc(Cl)ncn2)c1. The number of halogens is 3. The molecule has 0 aliphatic heterocycles. The normalized spacial score (nSPS) is 10.3. The molecule has 0 aliphatic carbocycles. The minimum absolute atomic E-state index is 0.227. The zero-order valence-electron chi connectivity index (χ0n) is 7.42. The van der Waals surface area contributed by atoms with E-state index in [1.165, 1.54) is 24.5 Å². The molecule has 2 rings (SSSR count). The molecule has 0 unspecified atom stereocenters.